The van der Waals surface area contributed by atoms with Gasteiger partial charge < -0.3 is 19.8 Å². The number of fused-ring (bicyclic) bond motifs is 1. The number of ketones is 1. The lowest BCUT2D eigenvalue weighted by atomic mass is 9.95. The second-order valence-electron chi connectivity index (χ2n) is 8.71. The van der Waals surface area contributed by atoms with Crippen LogP contribution in [0, 0.1) is 31.0 Å². The van der Waals surface area contributed by atoms with E-state index in [0.717, 1.165) is 22.8 Å². The smallest absolute Gasteiger partial charge is 0.237 e. The molecule has 9 heteroatoms. The lowest BCUT2D eigenvalue weighted by Gasteiger charge is -2.35. The summed E-state index contributed by atoms with van der Waals surface area (Å²) in [6, 6.07) is 7.73. The Bertz CT molecular complexity index is 1190. The summed E-state index contributed by atoms with van der Waals surface area (Å²) in [5.74, 6) is -1.27. The fourth-order valence-electron chi connectivity index (χ4n) is 4.63. The van der Waals surface area contributed by atoms with Crippen molar-refractivity contribution in [3.8, 4) is 6.07 Å². The lowest BCUT2D eigenvalue weighted by Crippen LogP contribution is -2.52. The molecular formula is C25H26FN3O5. The van der Waals surface area contributed by atoms with Gasteiger partial charge in [0.15, 0.2) is 12.1 Å². The predicted molar refractivity (Wildman–Crippen MR) is 119 cm³/mol. The van der Waals surface area contributed by atoms with E-state index in [1.807, 2.05) is 11.8 Å². The van der Waals surface area contributed by atoms with Crippen LogP contribution in [0.3, 0.4) is 0 Å². The maximum absolute atomic E-state index is 13.8. The van der Waals surface area contributed by atoms with E-state index in [2.05, 4.69) is 0 Å². The van der Waals surface area contributed by atoms with Crippen LogP contribution in [0.2, 0.25) is 0 Å². The van der Waals surface area contributed by atoms with E-state index < -0.39 is 18.2 Å². The number of nitriles is 1. The zero-order valence-corrected chi connectivity index (χ0v) is 19.0. The maximum Gasteiger partial charge on any atom is 0.237 e. The normalized spacial score (nSPS) is 19.1. The molecule has 1 saturated heterocycles. The number of hydrogen-bond donors (Lipinski definition) is 2. The molecule has 34 heavy (non-hydrogen) atoms. The van der Waals surface area contributed by atoms with Crippen molar-refractivity contribution >= 4 is 11.7 Å². The van der Waals surface area contributed by atoms with Crippen LogP contribution in [-0.4, -0.2) is 64.4 Å². The Morgan fingerprint density at radius 3 is 2.74 bits per heavy atom. The SMILES string of the molecule is Cc1c(C(=O)CN2CCN(C[C@H](O)c3ccc4c(c3C)COC4O)CC2=O)ccc(F)c1C#N. The zero-order valence-electron chi connectivity index (χ0n) is 19.0. The summed E-state index contributed by atoms with van der Waals surface area (Å²) in [5, 5.41) is 29.8. The second kappa shape index (κ2) is 9.60. The molecule has 2 aromatic carbocycles. The summed E-state index contributed by atoms with van der Waals surface area (Å²) < 4.78 is 19.0. The molecule has 1 unspecified atom stereocenters. The summed E-state index contributed by atoms with van der Waals surface area (Å²) in [6.07, 6.45) is -1.77. The van der Waals surface area contributed by atoms with Crippen LogP contribution in [0.4, 0.5) is 4.39 Å². The van der Waals surface area contributed by atoms with Crippen molar-refractivity contribution in [3.05, 3.63) is 69.0 Å². The number of nitrogens with zero attached hydrogens (tertiary/aromatic N) is 3. The summed E-state index contributed by atoms with van der Waals surface area (Å²) in [4.78, 5) is 28.7. The number of benzene rings is 2. The van der Waals surface area contributed by atoms with E-state index in [1.165, 1.54) is 17.9 Å². The molecule has 8 nitrogen and oxygen atoms in total. The van der Waals surface area contributed by atoms with Crippen molar-refractivity contribution in [1.29, 1.82) is 5.26 Å². The number of piperazine rings is 1. The molecule has 1 amide bonds. The maximum atomic E-state index is 13.8. The molecule has 0 bridgehead atoms. The van der Waals surface area contributed by atoms with E-state index >= 15 is 0 Å². The van der Waals surface area contributed by atoms with Crippen LogP contribution in [-0.2, 0) is 16.1 Å². The van der Waals surface area contributed by atoms with E-state index in [4.69, 9.17) is 10.00 Å². The Kier molecular flexibility index (Phi) is 6.77. The van der Waals surface area contributed by atoms with Gasteiger partial charge in [-0.2, -0.15) is 5.26 Å². The number of hydrogen-bond acceptors (Lipinski definition) is 7. The molecule has 2 atom stereocenters. The van der Waals surface area contributed by atoms with Gasteiger partial charge in [0.25, 0.3) is 0 Å². The van der Waals surface area contributed by atoms with E-state index in [1.54, 1.807) is 18.2 Å². The minimum absolute atomic E-state index is 0.0575. The lowest BCUT2D eigenvalue weighted by molar-refractivity contribution is -0.136. The highest BCUT2D eigenvalue weighted by molar-refractivity contribution is 6.01. The molecule has 2 aliphatic heterocycles. The average molecular weight is 467 g/mol. The zero-order chi connectivity index (χ0) is 24.6. The number of aliphatic hydroxyl groups excluding tert-OH is 2. The number of ether oxygens (including phenoxy) is 1. The van der Waals surface area contributed by atoms with Crippen molar-refractivity contribution in [2.24, 2.45) is 0 Å². The molecule has 2 N–H and O–H groups in total. The molecule has 2 aromatic rings. The number of carbonyl (C=O) groups excluding carboxylic acids is 2. The third kappa shape index (κ3) is 4.45. The van der Waals surface area contributed by atoms with E-state index in [0.29, 0.717) is 18.7 Å². The predicted octanol–water partition coefficient (Wildman–Crippen LogP) is 1.90. The molecule has 0 aliphatic carbocycles. The Labute approximate surface area is 196 Å². The highest BCUT2D eigenvalue weighted by atomic mass is 19.1. The van der Waals surface area contributed by atoms with Crippen molar-refractivity contribution in [2.75, 3.05) is 32.7 Å². The standard InChI is InChI=1S/C25H26FN3O5/c1-14-17(5-6-21(26)19(14)9-27)23(31)11-29-8-7-28(12-24(29)32)10-22(30)16-3-4-18-20(15(16)2)13-34-25(18)33/h3-6,22,25,30,33H,7-8,10-13H2,1-2H3/t22-,25?/m0/s1. The van der Waals surface area contributed by atoms with Crippen molar-refractivity contribution < 1.29 is 28.9 Å². The molecule has 4 rings (SSSR count). The average Bonchev–Trinajstić information content (AvgIpc) is 3.17. The summed E-state index contributed by atoms with van der Waals surface area (Å²) in [7, 11) is 0. The topological polar surface area (TPSA) is 114 Å². The first-order valence-electron chi connectivity index (χ1n) is 11.0. The number of amides is 1. The van der Waals surface area contributed by atoms with Gasteiger partial charge >= 0.3 is 0 Å². The van der Waals surface area contributed by atoms with Gasteiger partial charge in [0.05, 0.1) is 31.4 Å². The Hall–Kier alpha value is -3.16. The van der Waals surface area contributed by atoms with Crippen LogP contribution in [0.5, 0.6) is 0 Å². The van der Waals surface area contributed by atoms with Gasteiger partial charge in [0, 0.05) is 30.8 Å². The minimum Gasteiger partial charge on any atom is -0.387 e. The van der Waals surface area contributed by atoms with E-state index in [9.17, 15) is 24.2 Å². The van der Waals surface area contributed by atoms with Crippen LogP contribution >= 0.6 is 0 Å². The summed E-state index contributed by atoms with van der Waals surface area (Å²) in [5.41, 5.74) is 3.50. The molecule has 0 spiro atoms. The number of Topliss-reactive ketones (excluding diaryl/α,β-unsaturated/α-hetero) is 1. The molecule has 0 aromatic heterocycles. The Morgan fingerprint density at radius 2 is 2.03 bits per heavy atom. The van der Waals surface area contributed by atoms with Gasteiger partial charge in [-0.15, -0.1) is 0 Å². The van der Waals surface area contributed by atoms with Gasteiger partial charge in [0.1, 0.15) is 11.9 Å². The minimum atomic E-state index is -0.946. The summed E-state index contributed by atoms with van der Waals surface area (Å²) >= 11 is 0. The van der Waals surface area contributed by atoms with Crippen LogP contribution in [0.15, 0.2) is 24.3 Å². The highest BCUT2D eigenvalue weighted by Gasteiger charge is 2.30. The Balaban J connectivity index is 1.38. The third-order valence-corrected chi connectivity index (χ3v) is 6.68. The fraction of sp³-hybridized carbons (Fsp3) is 0.400. The molecule has 1 fully saturated rings. The van der Waals surface area contributed by atoms with Crippen molar-refractivity contribution in [1.82, 2.24) is 9.80 Å². The molecule has 2 aliphatic rings. The largest absolute Gasteiger partial charge is 0.387 e. The number of carbonyl (C=O) groups is 2. The Morgan fingerprint density at radius 1 is 1.26 bits per heavy atom. The number of halogens is 1. The van der Waals surface area contributed by atoms with Crippen molar-refractivity contribution in [2.45, 2.75) is 32.8 Å². The molecule has 0 saturated carbocycles. The highest BCUT2D eigenvalue weighted by Crippen LogP contribution is 2.34. The monoisotopic (exact) mass is 467 g/mol. The number of rotatable bonds is 6. The summed E-state index contributed by atoms with van der Waals surface area (Å²) in [6.45, 7) is 4.63. The fourth-order valence-corrected chi connectivity index (χ4v) is 4.63. The van der Waals surface area contributed by atoms with Gasteiger partial charge in [0.2, 0.25) is 5.91 Å². The molecule has 178 valence electrons. The first-order valence-corrected chi connectivity index (χ1v) is 11.0. The van der Waals surface area contributed by atoms with E-state index in [-0.39, 0.29) is 54.6 Å². The molecule has 2 heterocycles. The number of β-amino-alcohol motifs (C(OH)–C–C–N with tert-alkyl or cyclic N) is 1. The molecule has 0 radical (unpaired) electrons. The van der Waals surface area contributed by atoms with Gasteiger partial charge in [-0.3, -0.25) is 14.5 Å². The van der Waals surface area contributed by atoms with Gasteiger partial charge in [-0.25, -0.2) is 4.39 Å². The second-order valence-corrected chi connectivity index (χ2v) is 8.71. The van der Waals surface area contributed by atoms with Crippen LogP contribution in [0.25, 0.3) is 0 Å². The van der Waals surface area contributed by atoms with Crippen molar-refractivity contribution in [3.63, 3.8) is 0 Å². The third-order valence-electron chi connectivity index (χ3n) is 6.68. The van der Waals surface area contributed by atoms with Gasteiger partial charge in [-0.1, -0.05) is 12.1 Å². The first kappa shape index (κ1) is 24.0. The van der Waals surface area contributed by atoms with Gasteiger partial charge in [-0.05, 0) is 48.2 Å². The number of aliphatic hydroxyl groups is 2. The van der Waals surface area contributed by atoms with Crippen LogP contribution < -0.4 is 0 Å². The quantitative estimate of drug-likeness (QED) is 0.624. The van der Waals surface area contributed by atoms with Crippen LogP contribution in [0.1, 0.15) is 56.1 Å². The first-order chi connectivity index (χ1) is 16.2. The molecular weight excluding hydrogens is 441 g/mol.